The van der Waals surface area contributed by atoms with Crippen molar-refractivity contribution in [2.75, 3.05) is 5.73 Å². The van der Waals surface area contributed by atoms with Gasteiger partial charge in [0.15, 0.2) is 0 Å². The number of aryl methyl sites for hydroxylation is 1. The highest BCUT2D eigenvalue weighted by atomic mass is 14.7. The van der Waals surface area contributed by atoms with Crippen LogP contribution in [0, 0.1) is 5.92 Å². The van der Waals surface area contributed by atoms with Crippen molar-refractivity contribution in [3.05, 3.63) is 29.5 Å². The number of rotatable bonds is 0. The number of nitrogens with two attached hydrogens (primary N) is 1. The van der Waals surface area contributed by atoms with Gasteiger partial charge in [-0.1, -0.05) is 6.92 Å². The van der Waals surface area contributed by atoms with Crippen molar-refractivity contribution in [2.45, 2.75) is 26.2 Å². The Hall–Kier alpha value is -1.44. The van der Waals surface area contributed by atoms with Crippen LogP contribution in [0.25, 0.3) is 10.9 Å². The third-order valence-corrected chi connectivity index (χ3v) is 3.46. The van der Waals surface area contributed by atoms with Crippen molar-refractivity contribution in [3.8, 4) is 0 Å². The number of hydrogen-bond acceptors (Lipinski definition) is 1. The Bertz CT molecular complexity index is 510. The van der Waals surface area contributed by atoms with Crippen LogP contribution < -0.4 is 5.73 Å². The maximum absolute atomic E-state index is 5.84. The minimum Gasteiger partial charge on any atom is -0.399 e. The van der Waals surface area contributed by atoms with Crippen LogP contribution in [-0.4, -0.2) is 4.98 Å². The number of nitrogens with one attached hydrogen (secondary N) is 1. The average molecular weight is 200 g/mol. The summed E-state index contributed by atoms with van der Waals surface area (Å²) in [6, 6.07) is 6.16. The highest BCUT2D eigenvalue weighted by molar-refractivity contribution is 5.87. The van der Waals surface area contributed by atoms with Crippen molar-refractivity contribution < 1.29 is 0 Å². The Labute approximate surface area is 89.5 Å². The van der Waals surface area contributed by atoms with Crippen molar-refractivity contribution in [1.29, 1.82) is 0 Å². The fraction of sp³-hybridized carbons (Fsp3) is 0.385. The lowest BCUT2D eigenvalue weighted by Crippen LogP contribution is -2.09. The van der Waals surface area contributed by atoms with Gasteiger partial charge < -0.3 is 10.7 Å². The monoisotopic (exact) mass is 200 g/mol. The van der Waals surface area contributed by atoms with E-state index in [4.69, 9.17) is 5.73 Å². The van der Waals surface area contributed by atoms with Crippen LogP contribution in [0.5, 0.6) is 0 Å². The van der Waals surface area contributed by atoms with Crippen LogP contribution in [0.1, 0.15) is 24.6 Å². The number of H-pyrrole nitrogens is 1. The van der Waals surface area contributed by atoms with Crippen LogP contribution in [-0.2, 0) is 12.8 Å². The molecule has 0 radical (unpaired) electrons. The van der Waals surface area contributed by atoms with Gasteiger partial charge >= 0.3 is 0 Å². The number of aromatic amines is 1. The standard InChI is InChI=1S/C13H16N2/c1-8-2-4-12-10(6-8)11-7-9(14)3-5-13(11)15-12/h3,5,7-8,15H,2,4,6,14H2,1H3. The largest absolute Gasteiger partial charge is 0.399 e. The lowest BCUT2D eigenvalue weighted by atomic mass is 9.88. The van der Waals surface area contributed by atoms with Crippen LogP contribution in [0.15, 0.2) is 18.2 Å². The molecule has 0 fully saturated rings. The molecule has 3 N–H and O–H groups in total. The zero-order chi connectivity index (χ0) is 10.4. The second-order valence-electron chi connectivity index (χ2n) is 4.74. The smallest absolute Gasteiger partial charge is 0.0460 e. The van der Waals surface area contributed by atoms with Gasteiger partial charge in [-0.05, 0) is 48.9 Å². The zero-order valence-electron chi connectivity index (χ0n) is 9.01. The molecule has 1 aromatic carbocycles. The van der Waals surface area contributed by atoms with Crippen molar-refractivity contribution in [3.63, 3.8) is 0 Å². The van der Waals surface area contributed by atoms with E-state index in [1.807, 2.05) is 6.07 Å². The minimum absolute atomic E-state index is 0.804. The SMILES string of the molecule is CC1CCc2[nH]c3ccc(N)cc3c2C1. The second-order valence-corrected chi connectivity index (χ2v) is 4.74. The summed E-state index contributed by atoms with van der Waals surface area (Å²) in [6.45, 7) is 2.33. The van der Waals surface area contributed by atoms with Crippen molar-refractivity contribution in [1.82, 2.24) is 4.98 Å². The van der Waals surface area contributed by atoms with Gasteiger partial charge in [-0.2, -0.15) is 0 Å². The first-order valence-corrected chi connectivity index (χ1v) is 5.63. The molecule has 2 nitrogen and oxygen atoms in total. The molecule has 0 saturated heterocycles. The van der Waals surface area contributed by atoms with E-state index in [0.29, 0.717) is 0 Å². The number of nitrogen functional groups attached to an aromatic ring is 1. The molecule has 15 heavy (non-hydrogen) atoms. The van der Waals surface area contributed by atoms with Crippen LogP contribution in [0.3, 0.4) is 0 Å². The summed E-state index contributed by atoms with van der Waals surface area (Å²) >= 11 is 0. The lowest BCUT2D eigenvalue weighted by Gasteiger charge is -2.18. The van der Waals surface area contributed by atoms with Gasteiger partial charge in [0.2, 0.25) is 0 Å². The van der Waals surface area contributed by atoms with Crippen LogP contribution in [0.2, 0.25) is 0 Å². The quantitative estimate of drug-likeness (QED) is 0.631. The average Bonchev–Trinajstić information content (AvgIpc) is 2.56. The Kier molecular flexibility index (Phi) is 1.78. The number of anilines is 1. The van der Waals surface area contributed by atoms with E-state index in [1.54, 1.807) is 0 Å². The van der Waals surface area contributed by atoms with Gasteiger partial charge in [0.25, 0.3) is 0 Å². The van der Waals surface area contributed by atoms with Crippen LogP contribution in [0.4, 0.5) is 5.69 Å². The van der Waals surface area contributed by atoms with E-state index < -0.39 is 0 Å². The molecule has 2 heteroatoms. The van der Waals surface area contributed by atoms with Gasteiger partial charge in [0.05, 0.1) is 0 Å². The lowest BCUT2D eigenvalue weighted by molar-refractivity contribution is 0.499. The molecular formula is C13H16N2. The first kappa shape index (κ1) is 8.84. The molecule has 0 spiro atoms. The molecule has 1 aromatic heterocycles. The number of benzene rings is 1. The normalized spacial score (nSPS) is 20.5. The predicted octanol–water partition coefficient (Wildman–Crippen LogP) is 2.87. The molecule has 2 aromatic rings. The Balaban J connectivity index is 2.25. The van der Waals surface area contributed by atoms with Gasteiger partial charge in [-0.25, -0.2) is 0 Å². The van der Waals surface area contributed by atoms with E-state index in [-0.39, 0.29) is 0 Å². The highest BCUT2D eigenvalue weighted by Gasteiger charge is 2.19. The molecule has 1 unspecified atom stereocenters. The Morgan fingerprint density at radius 3 is 3.13 bits per heavy atom. The Morgan fingerprint density at radius 2 is 2.27 bits per heavy atom. The van der Waals surface area contributed by atoms with E-state index in [9.17, 15) is 0 Å². The maximum atomic E-state index is 5.84. The molecule has 1 aliphatic carbocycles. The van der Waals surface area contributed by atoms with Crippen LogP contribution >= 0.6 is 0 Å². The molecule has 1 aliphatic rings. The third kappa shape index (κ3) is 1.32. The van der Waals surface area contributed by atoms with E-state index in [1.165, 1.54) is 41.4 Å². The maximum Gasteiger partial charge on any atom is 0.0460 e. The van der Waals surface area contributed by atoms with Crippen molar-refractivity contribution in [2.24, 2.45) is 5.92 Å². The number of aromatic nitrogens is 1. The van der Waals surface area contributed by atoms with E-state index >= 15 is 0 Å². The van der Waals surface area contributed by atoms with Gasteiger partial charge in [0, 0.05) is 22.3 Å². The highest BCUT2D eigenvalue weighted by Crippen LogP contribution is 2.32. The molecule has 0 bridgehead atoms. The van der Waals surface area contributed by atoms with E-state index in [2.05, 4.69) is 24.0 Å². The zero-order valence-corrected chi connectivity index (χ0v) is 9.01. The minimum atomic E-state index is 0.804. The molecular weight excluding hydrogens is 184 g/mol. The molecule has 0 aliphatic heterocycles. The summed E-state index contributed by atoms with van der Waals surface area (Å²) in [4.78, 5) is 3.51. The third-order valence-electron chi connectivity index (χ3n) is 3.46. The van der Waals surface area contributed by atoms with E-state index in [0.717, 1.165) is 11.6 Å². The summed E-state index contributed by atoms with van der Waals surface area (Å²) in [5, 5.41) is 1.33. The van der Waals surface area contributed by atoms with Gasteiger partial charge in [-0.15, -0.1) is 0 Å². The molecule has 0 amide bonds. The van der Waals surface area contributed by atoms with Crippen molar-refractivity contribution >= 4 is 16.6 Å². The molecule has 0 saturated carbocycles. The Morgan fingerprint density at radius 1 is 1.40 bits per heavy atom. The molecule has 78 valence electrons. The fourth-order valence-electron chi connectivity index (χ4n) is 2.61. The summed E-state index contributed by atoms with van der Waals surface area (Å²) < 4.78 is 0. The topological polar surface area (TPSA) is 41.8 Å². The number of hydrogen-bond donors (Lipinski definition) is 2. The summed E-state index contributed by atoms with van der Waals surface area (Å²) in [5.74, 6) is 0.804. The van der Waals surface area contributed by atoms with Gasteiger partial charge in [-0.3, -0.25) is 0 Å². The summed E-state index contributed by atoms with van der Waals surface area (Å²) in [5.41, 5.74) is 10.9. The van der Waals surface area contributed by atoms with Gasteiger partial charge in [0.1, 0.15) is 0 Å². The molecule has 1 heterocycles. The summed E-state index contributed by atoms with van der Waals surface area (Å²) in [7, 11) is 0. The second kappa shape index (κ2) is 3.02. The number of fused-ring (bicyclic) bond motifs is 3. The first-order chi connectivity index (χ1) is 7.24. The molecule has 1 atom stereocenters. The fourth-order valence-corrected chi connectivity index (χ4v) is 2.61. The molecule has 3 rings (SSSR count). The summed E-state index contributed by atoms with van der Waals surface area (Å²) in [6.07, 6.45) is 3.68. The first-order valence-electron chi connectivity index (χ1n) is 5.63. The predicted molar refractivity (Wildman–Crippen MR) is 63.9 cm³/mol.